The van der Waals surface area contributed by atoms with E-state index in [0.717, 1.165) is 12.3 Å². The molecule has 0 bridgehead atoms. The Morgan fingerprint density at radius 2 is 1.67 bits per heavy atom. The number of rotatable bonds is 4. The lowest BCUT2D eigenvalue weighted by atomic mass is 9.90. The van der Waals surface area contributed by atoms with Crippen LogP contribution in [-0.4, -0.2) is 34.2 Å². The third-order valence-electron chi connectivity index (χ3n) is 4.81. The second-order valence-corrected chi connectivity index (χ2v) is 8.77. The molecule has 0 atom stereocenters. The van der Waals surface area contributed by atoms with Crippen LogP contribution in [0.4, 0.5) is 8.78 Å². The number of fused-ring (bicyclic) bond motifs is 1. The predicted octanol–water partition coefficient (Wildman–Crippen LogP) is 4.29. The normalized spacial score (nSPS) is 13.2. The molecule has 0 unspecified atom stereocenters. The third kappa shape index (κ3) is 3.43. The highest BCUT2D eigenvalue weighted by Crippen LogP contribution is 2.47. The van der Waals surface area contributed by atoms with Crippen molar-refractivity contribution in [3.63, 3.8) is 0 Å². The molecule has 154 valence electrons. The molecule has 8 heteroatoms. The second kappa shape index (κ2) is 7.53. The number of carbonyl (C=O) groups excluding carboxylic acids is 1. The summed E-state index contributed by atoms with van der Waals surface area (Å²) in [5, 5.41) is 0. The monoisotopic (exact) mass is 430 g/mol. The van der Waals surface area contributed by atoms with Crippen molar-refractivity contribution in [1.82, 2.24) is 0 Å². The highest BCUT2D eigenvalue weighted by atomic mass is 32.2. The number of ether oxygens (including phenoxy) is 2. The van der Waals surface area contributed by atoms with Gasteiger partial charge in [-0.2, -0.15) is 0 Å². The molecule has 0 spiro atoms. The summed E-state index contributed by atoms with van der Waals surface area (Å²) in [6.07, 6.45) is 1.63. The van der Waals surface area contributed by atoms with Crippen LogP contribution in [0.5, 0.6) is 11.5 Å². The molecule has 0 aromatic heterocycles. The summed E-state index contributed by atoms with van der Waals surface area (Å²) in [6.45, 7) is 0.447. The summed E-state index contributed by atoms with van der Waals surface area (Å²) < 4.78 is 63.3. The Morgan fingerprint density at radius 3 is 2.33 bits per heavy atom. The average molecular weight is 430 g/mol. The first-order chi connectivity index (χ1) is 14.3. The predicted molar refractivity (Wildman–Crippen MR) is 107 cm³/mol. The van der Waals surface area contributed by atoms with Crippen LogP contribution >= 0.6 is 0 Å². The first-order valence-corrected chi connectivity index (χ1v) is 10.9. The highest BCUT2D eigenvalue weighted by molar-refractivity contribution is 7.90. The van der Waals surface area contributed by atoms with E-state index in [1.165, 1.54) is 24.3 Å². The zero-order chi connectivity index (χ0) is 21.5. The zero-order valence-corrected chi connectivity index (χ0v) is 16.6. The molecule has 0 saturated carbocycles. The number of hydrogen-bond donors (Lipinski definition) is 0. The van der Waals surface area contributed by atoms with Gasteiger partial charge >= 0.3 is 0 Å². The van der Waals surface area contributed by atoms with Crippen LogP contribution in [0, 0.1) is 11.6 Å². The van der Waals surface area contributed by atoms with Gasteiger partial charge in [0.15, 0.2) is 39.3 Å². The molecule has 0 fully saturated rings. The standard InChI is InChI=1S/C22H16F2O5S/c1-30(26,27)14-7-5-13(6-8-14)16-11-19-22(29-10-9-28-19)20(17(16)12-25)15-3-2-4-18(23)21(15)24/h2-8,11-12H,9-10H2,1H3. The number of benzene rings is 3. The van der Waals surface area contributed by atoms with Gasteiger partial charge in [-0.15, -0.1) is 0 Å². The Kier molecular flexibility index (Phi) is 5.03. The Morgan fingerprint density at radius 1 is 0.967 bits per heavy atom. The fraction of sp³-hybridized carbons (Fsp3) is 0.136. The molecule has 0 amide bonds. The molecule has 0 N–H and O–H groups in total. The van der Waals surface area contributed by atoms with Crippen molar-refractivity contribution in [2.45, 2.75) is 4.90 Å². The lowest BCUT2D eigenvalue weighted by Crippen LogP contribution is -2.17. The van der Waals surface area contributed by atoms with E-state index in [2.05, 4.69) is 0 Å². The van der Waals surface area contributed by atoms with Crippen LogP contribution in [0.15, 0.2) is 53.4 Å². The van der Waals surface area contributed by atoms with Gasteiger partial charge in [0.05, 0.1) is 4.90 Å². The van der Waals surface area contributed by atoms with Gasteiger partial charge in [0.1, 0.15) is 13.2 Å². The third-order valence-corrected chi connectivity index (χ3v) is 5.93. The van der Waals surface area contributed by atoms with E-state index in [4.69, 9.17) is 9.47 Å². The molecule has 0 saturated heterocycles. The number of carbonyl (C=O) groups is 1. The first kappa shape index (κ1) is 20.0. The fourth-order valence-corrected chi connectivity index (χ4v) is 4.04. The van der Waals surface area contributed by atoms with Crippen molar-refractivity contribution in [2.24, 2.45) is 0 Å². The molecule has 4 rings (SSSR count). The minimum Gasteiger partial charge on any atom is -0.486 e. The Hall–Kier alpha value is -3.26. The summed E-state index contributed by atoms with van der Waals surface area (Å²) in [7, 11) is -3.40. The molecule has 5 nitrogen and oxygen atoms in total. The van der Waals surface area contributed by atoms with Crippen LogP contribution in [0.1, 0.15) is 10.4 Å². The first-order valence-electron chi connectivity index (χ1n) is 8.98. The van der Waals surface area contributed by atoms with E-state index >= 15 is 0 Å². The van der Waals surface area contributed by atoms with Crippen molar-refractivity contribution in [1.29, 1.82) is 0 Å². The molecular formula is C22H16F2O5S. The molecule has 3 aromatic rings. The van der Waals surface area contributed by atoms with Gasteiger partial charge in [-0.25, -0.2) is 17.2 Å². The van der Waals surface area contributed by atoms with Crippen LogP contribution in [0.3, 0.4) is 0 Å². The molecule has 0 radical (unpaired) electrons. The molecule has 1 aliphatic rings. The fourth-order valence-electron chi connectivity index (χ4n) is 3.41. The van der Waals surface area contributed by atoms with Crippen molar-refractivity contribution < 1.29 is 31.5 Å². The average Bonchev–Trinajstić information content (AvgIpc) is 2.74. The highest BCUT2D eigenvalue weighted by Gasteiger charge is 2.27. The summed E-state index contributed by atoms with van der Waals surface area (Å²) in [6, 6.07) is 11.2. The smallest absolute Gasteiger partial charge is 0.175 e. The lowest BCUT2D eigenvalue weighted by Gasteiger charge is -2.24. The van der Waals surface area contributed by atoms with Crippen molar-refractivity contribution in [3.05, 3.63) is 65.7 Å². The molecule has 1 aliphatic heterocycles. The summed E-state index contributed by atoms with van der Waals surface area (Å²) in [4.78, 5) is 12.2. The lowest BCUT2D eigenvalue weighted by molar-refractivity contribution is 0.112. The summed E-state index contributed by atoms with van der Waals surface area (Å²) in [5.74, 6) is -1.73. The SMILES string of the molecule is CS(=O)(=O)c1ccc(-c2cc3c(c(-c4cccc(F)c4F)c2C=O)OCCO3)cc1. The van der Waals surface area contributed by atoms with Crippen LogP contribution < -0.4 is 9.47 Å². The molecule has 0 aliphatic carbocycles. The quantitative estimate of drug-likeness (QED) is 0.578. The Labute approximate surface area is 171 Å². The van der Waals surface area contributed by atoms with Gasteiger partial charge in [-0.1, -0.05) is 24.3 Å². The largest absolute Gasteiger partial charge is 0.486 e. The van der Waals surface area contributed by atoms with E-state index in [9.17, 15) is 22.0 Å². The van der Waals surface area contributed by atoms with Crippen molar-refractivity contribution in [3.8, 4) is 33.8 Å². The molecule has 1 heterocycles. The van der Waals surface area contributed by atoms with Crippen LogP contribution in [0.2, 0.25) is 0 Å². The topological polar surface area (TPSA) is 69.7 Å². The Balaban J connectivity index is 2.01. The summed E-state index contributed by atoms with van der Waals surface area (Å²) >= 11 is 0. The van der Waals surface area contributed by atoms with Gasteiger partial charge in [0.25, 0.3) is 0 Å². The maximum Gasteiger partial charge on any atom is 0.175 e. The maximum atomic E-state index is 14.6. The van der Waals surface area contributed by atoms with Gasteiger partial charge < -0.3 is 9.47 Å². The van der Waals surface area contributed by atoms with Gasteiger partial charge in [-0.05, 0) is 35.4 Å². The van der Waals surface area contributed by atoms with Gasteiger partial charge in [0, 0.05) is 22.9 Å². The van der Waals surface area contributed by atoms with E-state index in [1.807, 2.05) is 0 Å². The number of aldehydes is 1. The summed E-state index contributed by atoms with van der Waals surface area (Å²) in [5.41, 5.74) is 0.929. The second-order valence-electron chi connectivity index (χ2n) is 6.75. The molecular weight excluding hydrogens is 414 g/mol. The minimum atomic E-state index is -3.40. The van der Waals surface area contributed by atoms with Gasteiger partial charge in [0.2, 0.25) is 0 Å². The van der Waals surface area contributed by atoms with E-state index in [1.54, 1.807) is 18.2 Å². The number of hydrogen-bond acceptors (Lipinski definition) is 5. The van der Waals surface area contributed by atoms with Crippen LogP contribution in [-0.2, 0) is 9.84 Å². The van der Waals surface area contributed by atoms with E-state index < -0.39 is 21.5 Å². The maximum absolute atomic E-state index is 14.6. The van der Waals surface area contributed by atoms with Gasteiger partial charge in [-0.3, -0.25) is 4.79 Å². The van der Waals surface area contributed by atoms with Crippen molar-refractivity contribution in [2.75, 3.05) is 19.5 Å². The molecule has 30 heavy (non-hydrogen) atoms. The zero-order valence-electron chi connectivity index (χ0n) is 15.8. The number of sulfone groups is 1. The molecule has 3 aromatic carbocycles. The van der Waals surface area contributed by atoms with Crippen LogP contribution in [0.25, 0.3) is 22.3 Å². The van der Waals surface area contributed by atoms with E-state index in [-0.39, 0.29) is 46.3 Å². The van der Waals surface area contributed by atoms with E-state index in [0.29, 0.717) is 17.4 Å². The van der Waals surface area contributed by atoms with Crippen molar-refractivity contribution >= 4 is 16.1 Å². The number of halogens is 2. The minimum absolute atomic E-state index is 0.0795. The Bertz CT molecular complexity index is 1250.